The highest BCUT2D eigenvalue weighted by Gasteiger charge is 2.44. The summed E-state index contributed by atoms with van der Waals surface area (Å²) in [7, 11) is 0. The number of ketones is 1. The van der Waals surface area contributed by atoms with Gasteiger partial charge in [0.05, 0.1) is 30.3 Å². The molecule has 0 saturated carbocycles. The van der Waals surface area contributed by atoms with Crippen LogP contribution in [0.4, 0.5) is 0 Å². The molecule has 4 rings (SSSR count). The molecule has 3 aromatic rings. The molecule has 0 aliphatic carbocycles. The van der Waals surface area contributed by atoms with E-state index in [1.54, 1.807) is 30.7 Å². The molecular formula is C24H25N3O5. The van der Waals surface area contributed by atoms with Crippen LogP contribution < -0.4 is 4.74 Å². The molecule has 0 fully saturated rings. The Morgan fingerprint density at radius 3 is 2.62 bits per heavy atom. The SMILES string of the molecule is CC(C)Oc1ccc([C@@H]2C(C(=O)c3ccco3)=C(O)C(=O)N2CCCn2ccnc2)cc1. The summed E-state index contributed by atoms with van der Waals surface area (Å²) in [5.74, 6) is -0.860. The van der Waals surface area contributed by atoms with Crippen molar-refractivity contribution in [2.75, 3.05) is 6.54 Å². The van der Waals surface area contributed by atoms with Gasteiger partial charge >= 0.3 is 0 Å². The molecule has 0 radical (unpaired) electrons. The molecule has 0 bridgehead atoms. The van der Waals surface area contributed by atoms with Crippen LogP contribution in [-0.4, -0.2) is 43.9 Å². The Morgan fingerprint density at radius 1 is 1.22 bits per heavy atom. The third-order valence-electron chi connectivity index (χ3n) is 5.24. The van der Waals surface area contributed by atoms with Crippen molar-refractivity contribution in [3.05, 3.63) is 84.0 Å². The van der Waals surface area contributed by atoms with Gasteiger partial charge in [0.2, 0.25) is 5.78 Å². The zero-order valence-electron chi connectivity index (χ0n) is 18.0. The van der Waals surface area contributed by atoms with E-state index in [-0.39, 0.29) is 17.4 Å². The zero-order chi connectivity index (χ0) is 22.7. The van der Waals surface area contributed by atoms with Crippen molar-refractivity contribution >= 4 is 11.7 Å². The first kappa shape index (κ1) is 21.4. The lowest BCUT2D eigenvalue weighted by molar-refractivity contribution is -0.129. The van der Waals surface area contributed by atoms with Crippen molar-refractivity contribution in [1.29, 1.82) is 0 Å². The molecule has 1 aromatic carbocycles. The maximum absolute atomic E-state index is 13.1. The Labute approximate surface area is 185 Å². The van der Waals surface area contributed by atoms with E-state index in [0.29, 0.717) is 30.8 Å². The molecule has 8 heteroatoms. The van der Waals surface area contributed by atoms with E-state index in [1.807, 2.05) is 36.7 Å². The molecule has 1 amide bonds. The van der Waals surface area contributed by atoms with Gasteiger partial charge in [0.25, 0.3) is 5.91 Å². The fraction of sp³-hybridized carbons (Fsp3) is 0.292. The van der Waals surface area contributed by atoms with Gasteiger partial charge in [-0.1, -0.05) is 12.1 Å². The van der Waals surface area contributed by atoms with Crippen LogP contribution in [0.2, 0.25) is 0 Å². The number of carbonyl (C=O) groups is 2. The first-order valence-corrected chi connectivity index (χ1v) is 10.5. The van der Waals surface area contributed by atoms with Crippen molar-refractivity contribution in [2.24, 2.45) is 0 Å². The topological polar surface area (TPSA) is 97.8 Å². The lowest BCUT2D eigenvalue weighted by Crippen LogP contribution is -2.32. The van der Waals surface area contributed by atoms with Crippen LogP contribution in [0, 0.1) is 0 Å². The molecule has 2 aromatic heterocycles. The van der Waals surface area contributed by atoms with Gasteiger partial charge in [-0.05, 0) is 50.1 Å². The summed E-state index contributed by atoms with van der Waals surface area (Å²) >= 11 is 0. The van der Waals surface area contributed by atoms with E-state index in [1.165, 1.54) is 17.2 Å². The smallest absolute Gasteiger partial charge is 0.290 e. The summed E-state index contributed by atoms with van der Waals surface area (Å²) in [6, 6.07) is 9.61. The summed E-state index contributed by atoms with van der Waals surface area (Å²) in [6.07, 6.45) is 7.28. The molecule has 0 saturated heterocycles. The minimum absolute atomic E-state index is 0.0186. The van der Waals surface area contributed by atoms with Crippen LogP contribution in [0.3, 0.4) is 0 Å². The number of hydrogen-bond acceptors (Lipinski definition) is 6. The summed E-state index contributed by atoms with van der Waals surface area (Å²) in [5, 5.41) is 10.7. The number of furan rings is 1. The van der Waals surface area contributed by atoms with Crippen LogP contribution in [0.15, 0.2) is 77.1 Å². The number of hydrogen-bond donors (Lipinski definition) is 1. The second kappa shape index (κ2) is 9.13. The largest absolute Gasteiger partial charge is 0.503 e. The van der Waals surface area contributed by atoms with Gasteiger partial charge in [-0.3, -0.25) is 9.59 Å². The van der Waals surface area contributed by atoms with Crippen molar-refractivity contribution in [3.8, 4) is 5.75 Å². The Morgan fingerprint density at radius 2 is 2.00 bits per heavy atom. The average molecular weight is 435 g/mol. The highest BCUT2D eigenvalue weighted by molar-refractivity contribution is 6.15. The van der Waals surface area contributed by atoms with Gasteiger partial charge in [-0.25, -0.2) is 4.98 Å². The average Bonchev–Trinajstić information content (AvgIpc) is 3.52. The quantitative estimate of drug-likeness (QED) is 0.512. The van der Waals surface area contributed by atoms with Crippen molar-refractivity contribution < 1.29 is 23.8 Å². The van der Waals surface area contributed by atoms with E-state index < -0.39 is 23.5 Å². The predicted molar refractivity (Wildman–Crippen MR) is 116 cm³/mol. The van der Waals surface area contributed by atoms with Crippen molar-refractivity contribution in [1.82, 2.24) is 14.5 Å². The Hall–Kier alpha value is -3.81. The molecule has 166 valence electrons. The number of aromatic nitrogens is 2. The standard InChI is InChI=1S/C24H25N3O5/c1-16(2)32-18-8-6-17(7-9-18)21-20(22(28)19-5-3-14-31-19)23(29)24(30)27(21)12-4-11-26-13-10-25-15-26/h3,5-10,13-16,21,29H,4,11-12H2,1-2H3/t21-/m1/s1. The van der Waals surface area contributed by atoms with E-state index in [2.05, 4.69) is 4.98 Å². The maximum atomic E-state index is 13.1. The molecule has 1 N–H and O–H groups in total. The minimum atomic E-state index is -0.726. The zero-order valence-corrected chi connectivity index (χ0v) is 18.0. The van der Waals surface area contributed by atoms with E-state index in [4.69, 9.17) is 9.15 Å². The number of aliphatic hydroxyl groups is 1. The van der Waals surface area contributed by atoms with Crippen LogP contribution in [-0.2, 0) is 11.3 Å². The van der Waals surface area contributed by atoms with Crippen molar-refractivity contribution in [2.45, 2.75) is 39.0 Å². The lowest BCUT2D eigenvalue weighted by atomic mass is 9.95. The summed E-state index contributed by atoms with van der Waals surface area (Å²) < 4.78 is 12.9. The third-order valence-corrected chi connectivity index (χ3v) is 5.24. The number of aryl methyl sites for hydroxylation is 1. The minimum Gasteiger partial charge on any atom is -0.503 e. The van der Waals surface area contributed by atoms with Gasteiger partial charge in [-0.15, -0.1) is 0 Å². The molecule has 1 atom stereocenters. The normalized spacial score (nSPS) is 16.3. The number of ether oxygens (including phenoxy) is 1. The Kier molecular flexibility index (Phi) is 6.11. The van der Waals surface area contributed by atoms with Gasteiger partial charge in [0, 0.05) is 25.5 Å². The second-order valence-electron chi connectivity index (χ2n) is 7.86. The van der Waals surface area contributed by atoms with Gasteiger partial charge in [0.15, 0.2) is 11.5 Å². The van der Waals surface area contributed by atoms with Crippen LogP contribution >= 0.6 is 0 Å². The number of rotatable bonds is 9. The number of amides is 1. The molecule has 32 heavy (non-hydrogen) atoms. The number of imidazole rings is 1. The molecule has 0 unspecified atom stereocenters. The predicted octanol–water partition coefficient (Wildman–Crippen LogP) is 3.93. The fourth-order valence-corrected chi connectivity index (χ4v) is 3.85. The highest BCUT2D eigenvalue weighted by atomic mass is 16.5. The Bertz CT molecular complexity index is 1100. The molecule has 1 aliphatic rings. The molecule has 1 aliphatic heterocycles. The monoisotopic (exact) mass is 435 g/mol. The lowest BCUT2D eigenvalue weighted by Gasteiger charge is -2.27. The molecule has 3 heterocycles. The van der Waals surface area contributed by atoms with E-state index in [0.717, 1.165) is 0 Å². The maximum Gasteiger partial charge on any atom is 0.290 e. The van der Waals surface area contributed by atoms with Gasteiger partial charge in [-0.2, -0.15) is 0 Å². The van der Waals surface area contributed by atoms with Gasteiger partial charge in [0.1, 0.15) is 5.75 Å². The first-order valence-electron chi connectivity index (χ1n) is 10.5. The number of aliphatic hydroxyl groups excluding tert-OH is 1. The first-order chi connectivity index (χ1) is 15.5. The van der Waals surface area contributed by atoms with E-state index >= 15 is 0 Å². The highest BCUT2D eigenvalue weighted by Crippen LogP contribution is 2.39. The molecular weight excluding hydrogens is 410 g/mol. The Balaban J connectivity index is 1.64. The third kappa shape index (κ3) is 4.30. The van der Waals surface area contributed by atoms with E-state index in [9.17, 15) is 14.7 Å². The van der Waals surface area contributed by atoms with Crippen LogP contribution in [0.5, 0.6) is 5.75 Å². The van der Waals surface area contributed by atoms with Crippen LogP contribution in [0.25, 0.3) is 0 Å². The number of benzene rings is 1. The molecule has 8 nitrogen and oxygen atoms in total. The number of nitrogens with zero attached hydrogens (tertiary/aromatic N) is 3. The molecule has 0 spiro atoms. The second-order valence-corrected chi connectivity index (χ2v) is 7.86. The summed E-state index contributed by atoms with van der Waals surface area (Å²) in [5.41, 5.74) is 0.723. The van der Waals surface area contributed by atoms with Crippen molar-refractivity contribution in [3.63, 3.8) is 0 Å². The summed E-state index contributed by atoms with van der Waals surface area (Å²) in [6.45, 7) is 4.88. The summed E-state index contributed by atoms with van der Waals surface area (Å²) in [4.78, 5) is 31.7. The van der Waals surface area contributed by atoms with Crippen LogP contribution in [0.1, 0.15) is 42.4 Å². The number of Topliss-reactive ketones (excluding diaryl/α,β-unsaturated/α-hetero) is 1. The number of carbonyl (C=O) groups excluding carboxylic acids is 2. The fourth-order valence-electron chi connectivity index (χ4n) is 3.85. The van der Waals surface area contributed by atoms with Gasteiger partial charge < -0.3 is 23.7 Å².